The molecule has 0 fully saturated rings. The minimum absolute atomic E-state index is 0.597. The normalized spacial score (nSPS) is 9.40. The van der Waals surface area contributed by atoms with E-state index < -0.39 is 0 Å². The van der Waals surface area contributed by atoms with Gasteiger partial charge in [0.05, 0.1) is 0 Å². The minimum Gasteiger partial charge on any atom is -0.106 e. The first-order valence-corrected chi connectivity index (χ1v) is 5.29. The van der Waals surface area contributed by atoms with Crippen molar-refractivity contribution in [3.63, 3.8) is 0 Å². The lowest BCUT2D eigenvalue weighted by molar-refractivity contribution is 0.855. The topological polar surface area (TPSA) is 0 Å². The third-order valence-electron chi connectivity index (χ3n) is 2.50. The average molecular weight is 202 g/mol. The minimum atomic E-state index is 0.597. The summed E-state index contributed by atoms with van der Waals surface area (Å²) in [6.07, 6.45) is 1.93. The zero-order valence-corrected chi connectivity index (χ0v) is 10.4. The Labute approximate surface area is 94.3 Å². The summed E-state index contributed by atoms with van der Waals surface area (Å²) in [5.41, 5.74) is 5.39. The molecule has 0 N–H and O–H groups in total. The summed E-state index contributed by atoms with van der Waals surface area (Å²) in [4.78, 5) is 0. The van der Waals surface area contributed by atoms with E-state index in [1.165, 1.54) is 22.3 Å². The van der Waals surface area contributed by atoms with Gasteiger partial charge in [0.25, 0.3) is 0 Å². The largest absolute Gasteiger partial charge is 0.106 e. The highest BCUT2D eigenvalue weighted by atomic mass is 14.1. The van der Waals surface area contributed by atoms with Gasteiger partial charge in [0.15, 0.2) is 0 Å². The Hall–Kier alpha value is -1.30. The first-order chi connectivity index (χ1) is 7.06. The molecule has 0 heteroatoms. The second kappa shape index (κ2) is 6.23. The van der Waals surface area contributed by atoms with Crippen molar-refractivity contribution in [3.05, 3.63) is 54.1 Å². The van der Waals surface area contributed by atoms with Crippen molar-refractivity contribution in [2.75, 3.05) is 0 Å². The van der Waals surface area contributed by atoms with E-state index in [2.05, 4.69) is 59.6 Å². The van der Waals surface area contributed by atoms with Crippen molar-refractivity contribution >= 4 is 6.08 Å². The van der Waals surface area contributed by atoms with Crippen LogP contribution in [0.15, 0.2) is 31.9 Å². The highest BCUT2D eigenvalue weighted by Crippen LogP contribution is 2.23. The molecule has 0 heterocycles. The van der Waals surface area contributed by atoms with Gasteiger partial charge < -0.3 is 0 Å². The summed E-state index contributed by atoms with van der Waals surface area (Å²) < 4.78 is 0. The maximum absolute atomic E-state index is 3.82. The standard InChI is InChI=1S/C13H18.C2H4/c1-6-12-8-13(9(2)3)11(5)7-10(12)4;1-2/h6-9H,1H2,2-5H3;1-2H2. The summed E-state index contributed by atoms with van der Waals surface area (Å²) in [6.45, 7) is 18.6. The van der Waals surface area contributed by atoms with Gasteiger partial charge in [-0.2, -0.15) is 0 Å². The lowest BCUT2D eigenvalue weighted by Gasteiger charge is -2.12. The zero-order chi connectivity index (χ0) is 12.0. The highest BCUT2D eigenvalue weighted by Gasteiger charge is 2.05. The van der Waals surface area contributed by atoms with Crippen molar-refractivity contribution in [3.8, 4) is 0 Å². The molecule has 0 bridgehead atoms. The van der Waals surface area contributed by atoms with Crippen LogP contribution in [0.3, 0.4) is 0 Å². The van der Waals surface area contributed by atoms with Crippen LogP contribution in [0.25, 0.3) is 6.08 Å². The number of benzene rings is 1. The fraction of sp³-hybridized carbons (Fsp3) is 0.333. The number of hydrogen-bond donors (Lipinski definition) is 0. The van der Waals surface area contributed by atoms with Crippen LogP contribution in [0.5, 0.6) is 0 Å². The second-order valence-electron chi connectivity index (χ2n) is 3.92. The van der Waals surface area contributed by atoms with Gasteiger partial charge >= 0.3 is 0 Å². The molecule has 0 atom stereocenters. The Morgan fingerprint density at radius 3 is 2.00 bits per heavy atom. The van der Waals surface area contributed by atoms with Crippen molar-refractivity contribution in [1.29, 1.82) is 0 Å². The summed E-state index contributed by atoms with van der Waals surface area (Å²) in [5, 5.41) is 0. The third kappa shape index (κ3) is 3.39. The van der Waals surface area contributed by atoms with Gasteiger partial charge in [-0.1, -0.05) is 38.6 Å². The van der Waals surface area contributed by atoms with Crippen LogP contribution in [-0.4, -0.2) is 0 Å². The van der Waals surface area contributed by atoms with E-state index in [1.807, 2.05) is 6.08 Å². The van der Waals surface area contributed by atoms with Crippen LogP contribution in [0.2, 0.25) is 0 Å². The van der Waals surface area contributed by atoms with Gasteiger partial charge in [0, 0.05) is 0 Å². The van der Waals surface area contributed by atoms with E-state index in [0.29, 0.717) is 5.92 Å². The Kier molecular flexibility index (Phi) is 5.69. The predicted molar refractivity (Wildman–Crippen MR) is 71.4 cm³/mol. The van der Waals surface area contributed by atoms with Crippen LogP contribution in [0.1, 0.15) is 42.0 Å². The highest BCUT2D eigenvalue weighted by molar-refractivity contribution is 5.55. The molecule has 1 aromatic rings. The number of rotatable bonds is 2. The summed E-state index contributed by atoms with van der Waals surface area (Å²) >= 11 is 0. The molecule has 0 aliphatic rings. The quantitative estimate of drug-likeness (QED) is 0.600. The third-order valence-corrected chi connectivity index (χ3v) is 2.50. The molecule has 0 nitrogen and oxygen atoms in total. The van der Waals surface area contributed by atoms with E-state index >= 15 is 0 Å². The molecule has 0 saturated carbocycles. The fourth-order valence-corrected chi connectivity index (χ4v) is 1.73. The van der Waals surface area contributed by atoms with E-state index in [1.54, 1.807) is 0 Å². The van der Waals surface area contributed by atoms with Crippen LogP contribution in [0, 0.1) is 13.8 Å². The average Bonchev–Trinajstić information content (AvgIpc) is 2.20. The molecule has 0 radical (unpaired) electrons. The molecule has 1 rings (SSSR count). The molecule has 0 amide bonds. The maximum atomic E-state index is 3.82. The van der Waals surface area contributed by atoms with Gasteiger partial charge in [-0.25, -0.2) is 0 Å². The van der Waals surface area contributed by atoms with Crippen molar-refractivity contribution in [2.45, 2.75) is 33.6 Å². The molecule has 0 saturated heterocycles. The molecule has 0 aromatic heterocycles. The van der Waals surface area contributed by atoms with Crippen molar-refractivity contribution in [1.82, 2.24) is 0 Å². The fourth-order valence-electron chi connectivity index (χ4n) is 1.73. The van der Waals surface area contributed by atoms with Gasteiger partial charge in [-0.3, -0.25) is 0 Å². The van der Waals surface area contributed by atoms with Gasteiger partial charge in [-0.15, -0.1) is 13.2 Å². The molecule has 15 heavy (non-hydrogen) atoms. The molecule has 0 spiro atoms. The van der Waals surface area contributed by atoms with Gasteiger partial charge in [-0.05, 0) is 42.0 Å². The molecule has 82 valence electrons. The lowest BCUT2D eigenvalue weighted by Crippen LogP contribution is -1.94. The van der Waals surface area contributed by atoms with Crippen LogP contribution >= 0.6 is 0 Å². The van der Waals surface area contributed by atoms with Crippen molar-refractivity contribution < 1.29 is 0 Å². The molecular formula is C15H22. The summed E-state index contributed by atoms with van der Waals surface area (Å²) in [7, 11) is 0. The van der Waals surface area contributed by atoms with Crippen molar-refractivity contribution in [2.24, 2.45) is 0 Å². The Bertz CT molecular complexity index is 332. The summed E-state index contributed by atoms with van der Waals surface area (Å²) in [5.74, 6) is 0.597. The first-order valence-electron chi connectivity index (χ1n) is 5.29. The smallest absolute Gasteiger partial charge is 0.0216 e. The lowest BCUT2D eigenvalue weighted by atomic mass is 9.93. The molecule has 0 unspecified atom stereocenters. The van der Waals surface area contributed by atoms with Crippen LogP contribution in [-0.2, 0) is 0 Å². The predicted octanol–water partition coefficient (Wildman–Crippen LogP) is 4.87. The van der Waals surface area contributed by atoms with E-state index in [4.69, 9.17) is 0 Å². The van der Waals surface area contributed by atoms with E-state index in [0.717, 1.165) is 0 Å². The number of aryl methyl sites for hydroxylation is 2. The second-order valence-corrected chi connectivity index (χ2v) is 3.92. The molecule has 0 aliphatic carbocycles. The molecular weight excluding hydrogens is 180 g/mol. The Morgan fingerprint density at radius 1 is 1.07 bits per heavy atom. The first kappa shape index (κ1) is 13.7. The summed E-state index contributed by atoms with van der Waals surface area (Å²) in [6, 6.07) is 4.49. The zero-order valence-electron chi connectivity index (χ0n) is 10.4. The Balaban J connectivity index is 0.000000921. The van der Waals surface area contributed by atoms with Crippen LogP contribution in [0.4, 0.5) is 0 Å². The maximum Gasteiger partial charge on any atom is -0.0216 e. The number of hydrogen-bond acceptors (Lipinski definition) is 0. The molecule has 1 aromatic carbocycles. The SMILES string of the molecule is C=C.C=Cc1cc(C(C)C)c(C)cc1C. The van der Waals surface area contributed by atoms with Crippen LogP contribution < -0.4 is 0 Å². The van der Waals surface area contributed by atoms with Gasteiger partial charge in [0.2, 0.25) is 0 Å². The monoisotopic (exact) mass is 202 g/mol. The van der Waals surface area contributed by atoms with E-state index in [-0.39, 0.29) is 0 Å². The molecule has 0 aliphatic heterocycles. The van der Waals surface area contributed by atoms with Gasteiger partial charge in [0.1, 0.15) is 0 Å². The Morgan fingerprint density at radius 2 is 1.60 bits per heavy atom. The van der Waals surface area contributed by atoms with E-state index in [9.17, 15) is 0 Å².